The van der Waals surface area contributed by atoms with Crippen LogP contribution in [-0.4, -0.2) is 57.6 Å². The fourth-order valence-electron chi connectivity index (χ4n) is 4.58. The van der Waals surface area contributed by atoms with Gasteiger partial charge >= 0.3 is 0 Å². The lowest BCUT2D eigenvalue weighted by Crippen LogP contribution is -2.51. The Balaban J connectivity index is 1.90. The van der Waals surface area contributed by atoms with Gasteiger partial charge in [-0.05, 0) is 53.8 Å². The van der Waals surface area contributed by atoms with Gasteiger partial charge in [0.2, 0.25) is 21.8 Å². The summed E-state index contributed by atoms with van der Waals surface area (Å²) in [5.41, 5.74) is 2.17. The summed E-state index contributed by atoms with van der Waals surface area (Å²) >= 11 is 6.11. The predicted octanol–water partition coefficient (Wildman–Crippen LogP) is 5.31. The molecule has 1 atom stereocenters. The Morgan fingerprint density at radius 3 is 2.29 bits per heavy atom. The summed E-state index contributed by atoms with van der Waals surface area (Å²) in [4.78, 5) is 29.1. The van der Waals surface area contributed by atoms with E-state index in [9.17, 15) is 18.0 Å². The molecule has 0 aliphatic rings. The van der Waals surface area contributed by atoms with E-state index in [1.807, 2.05) is 68.4 Å². The summed E-state index contributed by atoms with van der Waals surface area (Å²) in [6.45, 7) is 4.78. The molecule has 0 aliphatic carbocycles. The largest absolute Gasteiger partial charge is 0.497 e. The van der Waals surface area contributed by atoms with Crippen molar-refractivity contribution in [1.29, 1.82) is 0 Å². The molecule has 0 fully saturated rings. The van der Waals surface area contributed by atoms with E-state index in [1.54, 1.807) is 36.3 Å². The first kappa shape index (κ1) is 32.9. The first-order chi connectivity index (χ1) is 20.0. The van der Waals surface area contributed by atoms with Crippen LogP contribution in [0, 0.1) is 5.92 Å². The minimum atomic E-state index is -3.62. The van der Waals surface area contributed by atoms with Crippen molar-refractivity contribution in [1.82, 2.24) is 10.2 Å². The standard InChI is InChI=1S/C32H40ClN3O5S/c1-24(2)22-34-32(38)30(20-25-11-6-5-7-12-25)35(23-26-13-8-16-29(19-26)41-3)31(37)17-10-18-36(42(4,39)40)28-15-9-14-27(33)21-28/h5-9,11-16,19,21,24,30H,10,17-18,20,22-23H2,1-4H3,(H,34,38)/t30-/m1/s1. The number of carbonyl (C=O) groups excluding carboxylic acids is 2. The number of carbonyl (C=O) groups is 2. The fourth-order valence-corrected chi connectivity index (χ4v) is 5.72. The second-order valence-corrected chi connectivity index (χ2v) is 13.0. The van der Waals surface area contributed by atoms with Gasteiger partial charge in [-0.2, -0.15) is 0 Å². The lowest BCUT2D eigenvalue weighted by atomic mass is 10.0. The number of methoxy groups -OCH3 is 1. The van der Waals surface area contributed by atoms with Gasteiger partial charge in [-0.15, -0.1) is 0 Å². The molecule has 3 rings (SSSR count). The molecular formula is C32H40ClN3O5S. The van der Waals surface area contributed by atoms with Crippen molar-refractivity contribution in [3.8, 4) is 5.75 Å². The van der Waals surface area contributed by atoms with Crippen LogP contribution in [0.3, 0.4) is 0 Å². The third-order valence-corrected chi connectivity index (χ3v) is 8.12. The maximum Gasteiger partial charge on any atom is 0.243 e. The summed E-state index contributed by atoms with van der Waals surface area (Å²) in [6.07, 6.45) is 1.75. The number of anilines is 1. The highest BCUT2D eigenvalue weighted by Crippen LogP contribution is 2.23. The Bertz CT molecular complexity index is 1430. The second kappa shape index (κ2) is 15.6. The second-order valence-electron chi connectivity index (χ2n) is 10.6. The Kier molecular flexibility index (Phi) is 12.2. The molecule has 3 aromatic carbocycles. The minimum absolute atomic E-state index is 0.0410. The number of sulfonamides is 1. The van der Waals surface area contributed by atoms with E-state index in [2.05, 4.69) is 5.32 Å². The predicted molar refractivity (Wildman–Crippen MR) is 168 cm³/mol. The number of amides is 2. The monoisotopic (exact) mass is 613 g/mol. The molecule has 0 saturated carbocycles. The molecule has 0 saturated heterocycles. The lowest BCUT2D eigenvalue weighted by Gasteiger charge is -2.32. The van der Waals surface area contributed by atoms with Gasteiger partial charge in [-0.3, -0.25) is 13.9 Å². The number of ether oxygens (including phenoxy) is 1. The van der Waals surface area contributed by atoms with E-state index < -0.39 is 16.1 Å². The summed E-state index contributed by atoms with van der Waals surface area (Å²) < 4.78 is 31.8. The molecule has 0 bridgehead atoms. The number of benzene rings is 3. The van der Waals surface area contributed by atoms with E-state index in [0.29, 0.717) is 29.4 Å². The van der Waals surface area contributed by atoms with Gasteiger partial charge < -0.3 is 15.0 Å². The Hall–Kier alpha value is -3.56. The number of hydrogen-bond donors (Lipinski definition) is 1. The molecule has 0 aliphatic heterocycles. The topological polar surface area (TPSA) is 96.0 Å². The Labute approximate surface area is 254 Å². The van der Waals surface area contributed by atoms with Gasteiger partial charge in [0.15, 0.2) is 0 Å². The van der Waals surface area contributed by atoms with Crippen LogP contribution in [-0.2, 0) is 32.6 Å². The number of hydrogen-bond acceptors (Lipinski definition) is 5. The van der Waals surface area contributed by atoms with Crippen LogP contribution in [0.1, 0.15) is 37.8 Å². The van der Waals surface area contributed by atoms with Crippen LogP contribution in [0.2, 0.25) is 5.02 Å². The highest BCUT2D eigenvalue weighted by atomic mass is 35.5. The van der Waals surface area contributed by atoms with Crippen LogP contribution in [0.4, 0.5) is 5.69 Å². The van der Waals surface area contributed by atoms with Crippen molar-refractivity contribution in [2.24, 2.45) is 5.92 Å². The molecule has 0 unspecified atom stereocenters. The number of rotatable bonds is 15. The molecule has 1 N–H and O–H groups in total. The average Bonchev–Trinajstić information content (AvgIpc) is 2.95. The molecular weight excluding hydrogens is 574 g/mol. The van der Waals surface area contributed by atoms with Gasteiger partial charge in [-0.25, -0.2) is 8.42 Å². The van der Waals surface area contributed by atoms with Gasteiger partial charge in [0.25, 0.3) is 0 Å². The van der Waals surface area contributed by atoms with Crippen molar-refractivity contribution in [3.63, 3.8) is 0 Å². The van der Waals surface area contributed by atoms with Gasteiger partial charge in [0.05, 0.1) is 19.1 Å². The summed E-state index contributed by atoms with van der Waals surface area (Å²) in [5, 5.41) is 3.42. The number of nitrogens with zero attached hydrogens (tertiary/aromatic N) is 2. The third-order valence-electron chi connectivity index (χ3n) is 6.69. The highest BCUT2D eigenvalue weighted by molar-refractivity contribution is 7.92. The molecule has 0 radical (unpaired) electrons. The first-order valence-corrected chi connectivity index (χ1v) is 16.2. The molecule has 8 nitrogen and oxygen atoms in total. The average molecular weight is 614 g/mol. The van der Waals surface area contributed by atoms with E-state index in [4.69, 9.17) is 16.3 Å². The molecule has 42 heavy (non-hydrogen) atoms. The molecule has 0 aromatic heterocycles. The van der Waals surface area contributed by atoms with Gasteiger partial charge in [0, 0.05) is 37.5 Å². The SMILES string of the molecule is COc1cccc(CN(C(=O)CCCN(c2cccc(Cl)c2)S(C)(=O)=O)[C@H](Cc2ccccc2)C(=O)NCC(C)C)c1. The normalized spacial score (nSPS) is 12.0. The van der Waals surface area contributed by atoms with E-state index in [0.717, 1.165) is 17.4 Å². The van der Waals surface area contributed by atoms with Crippen LogP contribution in [0.15, 0.2) is 78.9 Å². The molecule has 3 aromatic rings. The zero-order valence-electron chi connectivity index (χ0n) is 24.6. The first-order valence-electron chi connectivity index (χ1n) is 13.9. The maximum atomic E-state index is 13.9. The smallest absolute Gasteiger partial charge is 0.243 e. The third kappa shape index (κ3) is 10.1. The number of nitrogens with one attached hydrogen (secondary N) is 1. The fraction of sp³-hybridized carbons (Fsp3) is 0.375. The van der Waals surface area contributed by atoms with Crippen molar-refractivity contribution in [3.05, 3.63) is 95.0 Å². The van der Waals surface area contributed by atoms with E-state index in [1.165, 1.54) is 4.31 Å². The summed E-state index contributed by atoms with van der Waals surface area (Å²) in [7, 11) is -2.05. The van der Waals surface area contributed by atoms with Crippen molar-refractivity contribution in [2.75, 3.05) is 30.8 Å². The van der Waals surface area contributed by atoms with Crippen LogP contribution >= 0.6 is 11.6 Å². The number of halogens is 1. The van der Waals surface area contributed by atoms with E-state index in [-0.39, 0.29) is 43.7 Å². The quantitative estimate of drug-likeness (QED) is 0.251. The van der Waals surface area contributed by atoms with E-state index >= 15 is 0 Å². The molecule has 0 heterocycles. The highest BCUT2D eigenvalue weighted by Gasteiger charge is 2.30. The van der Waals surface area contributed by atoms with Gasteiger partial charge in [-0.1, -0.05) is 74.0 Å². The zero-order chi connectivity index (χ0) is 30.7. The van der Waals surface area contributed by atoms with Crippen molar-refractivity contribution in [2.45, 2.75) is 45.7 Å². The lowest BCUT2D eigenvalue weighted by molar-refractivity contribution is -0.141. The van der Waals surface area contributed by atoms with Crippen LogP contribution in [0.25, 0.3) is 0 Å². The minimum Gasteiger partial charge on any atom is -0.497 e. The molecule has 2 amide bonds. The maximum absolute atomic E-state index is 13.9. The molecule has 10 heteroatoms. The zero-order valence-corrected chi connectivity index (χ0v) is 26.2. The Morgan fingerprint density at radius 2 is 1.64 bits per heavy atom. The van der Waals surface area contributed by atoms with Gasteiger partial charge in [0.1, 0.15) is 11.8 Å². The summed E-state index contributed by atoms with van der Waals surface area (Å²) in [6, 6.07) is 22.8. The summed E-state index contributed by atoms with van der Waals surface area (Å²) in [5.74, 6) is 0.398. The van der Waals surface area contributed by atoms with Crippen molar-refractivity contribution >= 4 is 39.1 Å². The molecule has 226 valence electrons. The Morgan fingerprint density at radius 1 is 0.952 bits per heavy atom. The van der Waals surface area contributed by atoms with Crippen LogP contribution in [0.5, 0.6) is 5.75 Å². The molecule has 0 spiro atoms. The van der Waals surface area contributed by atoms with Crippen LogP contribution < -0.4 is 14.4 Å². The van der Waals surface area contributed by atoms with Crippen molar-refractivity contribution < 1.29 is 22.7 Å².